The van der Waals surface area contributed by atoms with E-state index in [-0.39, 0.29) is 17.1 Å². The fourth-order valence-electron chi connectivity index (χ4n) is 6.46. The van der Waals surface area contributed by atoms with Gasteiger partial charge in [-0.3, -0.25) is 9.59 Å². The number of carbonyl (C=O) groups is 2. The number of anilines is 3. The molecule has 3 heteroatoms. The Morgan fingerprint density at radius 1 is 0.488 bits per heavy atom. The Balaban J connectivity index is 1.27. The molecule has 0 aliphatic heterocycles. The van der Waals surface area contributed by atoms with Gasteiger partial charge >= 0.3 is 0 Å². The number of nitrogens with zero attached hydrogens (tertiary/aromatic N) is 1. The Kier molecular flexibility index (Phi) is 5.57. The van der Waals surface area contributed by atoms with Crippen molar-refractivity contribution in [2.45, 2.75) is 13.8 Å². The number of hydrogen-bond donors (Lipinski definition) is 0. The van der Waals surface area contributed by atoms with Crippen LogP contribution in [0.25, 0.3) is 38.4 Å². The maximum absolute atomic E-state index is 13.0. The van der Waals surface area contributed by atoms with Crippen LogP contribution in [0.4, 0.5) is 17.1 Å². The van der Waals surface area contributed by atoms with Crippen molar-refractivity contribution < 1.29 is 9.59 Å². The minimum atomic E-state index is -0.204. The first-order valence-electron chi connectivity index (χ1n) is 14.5. The average Bonchev–Trinajstić information content (AvgIpc) is 3.26. The van der Waals surface area contributed by atoms with Crippen LogP contribution in [-0.2, 0) is 0 Å². The first kappa shape index (κ1) is 25.2. The van der Waals surface area contributed by atoms with E-state index in [0.717, 1.165) is 44.2 Å². The molecule has 0 fully saturated rings. The van der Waals surface area contributed by atoms with Gasteiger partial charge in [0.15, 0.2) is 11.6 Å². The van der Waals surface area contributed by atoms with Crippen LogP contribution in [0.15, 0.2) is 127 Å². The highest BCUT2D eigenvalue weighted by Gasteiger charge is 2.32. The molecule has 0 saturated heterocycles. The van der Waals surface area contributed by atoms with Gasteiger partial charge in [0.1, 0.15) is 0 Å². The Labute approximate surface area is 249 Å². The van der Waals surface area contributed by atoms with Gasteiger partial charge in [0.2, 0.25) is 0 Å². The number of rotatable bonds is 4. The predicted octanol–water partition coefficient (Wildman–Crippen LogP) is 10.1. The Hall–Kier alpha value is -5.54. The van der Waals surface area contributed by atoms with E-state index < -0.39 is 0 Å². The molecular formula is C40H27NO2. The van der Waals surface area contributed by atoms with Crippen molar-refractivity contribution >= 4 is 67.0 Å². The third kappa shape index (κ3) is 4.04. The quantitative estimate of drug-likeness (QED) is 0.124. The van der Waals surface area contributed by atoms with Gasteiger partial charge in [0.05, 0.1) is 5.57 Å². The highest BCUT2D eigenvalue weighted by atomic mass is 16.2. The van der Waals surface area contributed by atoms with E-state index in [2.05, 4.69) is 116 Å². The normalized spacial score (nSPS) is 12.9. The summed E-state index contributed by atoms with van der Waals surface area (Å²) >= 11 is 0. The van der Waals surface area contributed by atoms with Crippen LogP contribution in [0.2, 0.25) is 0 Å². The number of allylic oxidation sites excluding steroid dienone is 1. The predicted molar refractivity (Wildman–Crippen MR) is 177 cm³/mol. The third-order valence-corrected chi connectivity index (χ3v) is 8.60. The molecule has 0 unspecified atom stereocenters. The molecule has 0 amide bonds. The van der Waals surface area contributed by atoms with E-state index in [1.54, 1.807) is 30.3 Å². The molecule has 0 aromatic heterocycles. The lowest BCUT2D eigenvalue weighted by Gasteiger charge is -2.27. The molecule has 0 N–H and O–H groups in total. The molecule has 7 aromatic carbocycles. The van der Waals surface area contributed by atoms with Crippen LogP contribution in [-0.4, -0.2) is 11.6 Å². The lowest BCUT2D eigenvalue weighted by molar-refractivity contribution is 0.0990. The van der Waals surface area contributed by atoms with Gasteiger partial charge in [-0.2, -0.15) is 0 Å². The maximum atomic E-state index is 13.0. The van der Waals surface area contributed by atoms with Crippen LogP contribution >= 0.6 is 0 Å². The fourth-order valence-corrected chi connectivity index (χ4v) is 6.46. The van der Waals surface area contributed by atoms with Crippen molar-refractivity contribution in [2.24, 2.45) is 0 Å². The molecule has 1 aliphatic rings. The smallest absolute Gasteiger partial charge is 0.197 e. The largest absolute Gasteiger partial charge is 0.310 e. The fraction of sp³-hybridized carbons (Fsp3) is 0.0500. The van der Waals surface area contributed by atoms with Gasteiger partial charge in [-0.15, -0.1) is 0 Å². The summed E-state index contributed by atoms with van der Waals surface area (Å²) in [6, 6.07) is 41.7. The molecule has 0 heterocycles. The molecule has 0 spiro atoms. The monoisotopic (exact) mass is 553 g/mol. The van der Waals surface area contributed by atoms with Crippen LogP contribution in [0.3, 0.4) is 0 Å². The Bertz CT molecular complexity index is 2130. The molecule has 0 radical (unpaired) electrons. The Morgan fingerprint density at radius 2 is 0.907 bits per heavy atom. The van der Waals surface area contributed by atoms with Gasteiger partial charge < -0.3 is 4.90 Å². The molecule has 0 atom stereocenters. The summed E-state index contributed by atoms with van der Waals surface area (Å²) < 4.78 is 0. The summed E-state index contributed by atoms with van der Waals surface area (Å²) in [6.45, 7) is 4.22. The lowest BCUT2D eigenvalue weighted by atomic mass is 9.91. The molecular weight excluding hydrogens is 526 g/mol. The van der Waals surface area contributed by atoms with E-state index >= 15 is 0 Å². The van der Waals surface area contributed by atoms with Gasteiger partial charge in [-0.1, -0.05) is 83.9 Å². The lowest BCUT2D eigenvalue weighted by Crippen LogP contribution is -2.10. The number of fused-ring (bicyclic) bond motifs is 1. The molecule has 0 saturated carbocycles. The topological polar surface area (TPSA) is 37.4 Å². The zero-order chi connectivity index (χ0) is 29.2. The molecule has 8 rings (SSSR count). The van der Waals surface area contributed by atoms with Crippen LogP contribution in [0.1, 0.15) is 37.4 Å². The number of aryl methyl sites for hydroxylation is 2. The van der Waals surface area contributed by atoms with Gasteiger partial charge in [-0.25, -0.2) is 0 Å². The van der Waals surface area contributed by atoms with E-state index in [4.69, 9.17) is 0 Å². The zero-order valence-corrected chi connectivity index (χ0v) is 23.9. The van der Waals surface area contributed by atoms with E-state index in [1.807, 2.05) is 0 Å². The van der Waals surface area contributed by atoms with Crippen molar-refractivity contribution in [3.63, 3.8) is 0 Å². The number of benzene rings is 7. The average molecular weight is 554 g/mol. The van der Waals surface area contributed by atoms with Crippen molar-refractivity contribution in [2.75, 3.05) is 4.90 Å². The van der Waals surface area contributed by atoms with Gasteiger partial charge in [0, 0.05) is 28.2 Å². The molecule has 1 aliphatic carbocycles. The van der Waals surface area contributed by atoms with Gasteiger partial charge in [0.25, 0.3) is 0 Å². The van der Waals surface area contributed by atoms with E-state index in [0.29, 0.717) is 11.1 Å². The molecule has 204 valence electrons. The van der Waals surface area contributed by atoms with E-state index in [9.17, 15) is 9.59 Å². The van der Waals surface area contributed by atoms with Crippen LogP contribution < -0.4 is 4.90 Å². The molecule has 0 bridgehead atoms. The number of carbonyl (C=O) groups excluding carboxylic acids is 2. The van der Waals surface area contributed by atoms with Crippen molar-refractivity contribution in [3.8, 4) is 0 Å². The number of Topliss-reactive ketones (excluding diaryl/α,β-unsaturated/α-hetero) is 2. The minimum Gasteiger partial charge on any atom is -0.310 e. The summed E-state index contributed by atoms with van der Waals surface area (Å²) in [6.07, 6.45) is 1.75. The summed E-state index contributed by atoms with van der Waals surface area (Å²) in [4.78, 5) is 28.4. The molecule has 43 heavy (non-hydrogen) atoms. The van der Waals surface area contributed by atoms with Crippen molar-refractivity contribution in [1.29, 1.82) is 0 Å². The van der Waals surface area contributed by atoms with Crippen molar-refractivity contribution in [1.82, 2.24) is 0 Å². The summed E-state index contributed by atoms with van der Waals surface area (Å²) in [5.41, 5.74) is 7.81. The number of hydrogen-bond acceptors (Lipinski definition) is 3. The van der Waals surface area contributed by atoms with Crippen LogP contribution in [0, 0.1) is 13.8 Å². The summed E-state index contributed by atoms with van der Waals surface area (Å²) in [5.74, 6) is -0.408. The second-order valence-electron chi connectivity index (χ2n) is 11.5. The maximum Gasteiger partial charge on any atom is 0.197 e. The molecule has 7 aromatic rings. The minimum absolute atomic E-state index is 0.204. The summed E-state index contributed by atoms with van der Waals surface area (Å²) in [5, 5.41) is 6.90. The Morgan fingerprint density at radius 3 is 1.35 bits per heavy atom. The second-order valence-corrected chi connectivity index (χ2v) is 11.5. The first-order valence-corrected chi connectivity index (χ1v) is 14.5. The van der Waals surface area contributed by atoms with Crippen molar-refractivity contribution in [3.05, 3.63) is 155 Å². The highest BCUT2D eigenvalue weighted by Crippen LogP contribution is 2.42. The first-order chi connectivity index (χ1) is 20.9. The third-order valence-electron chi connectivity index (χ3n) is 8.60. The van der Waals surface area contributed by atoms with Gasteiger partial charge in [-0.05, 0) is 106 Å². The SMILES string of the molecule is Cc1ccc(N(c2ccc(C)cc2)c2cc3ccc4cc(C=C5C(=O)c6ccccc6C5=O)cc5ccc(c2)c3c45)cc1. The summed E-state index contributed by atoms with van der Waals surface area (Å²) in [7, 11) is 0. The van der Waals surface area contributed by atoms with Crippen LogP contribution in [0.5, 0.6) is 0 Å². The van der Waals surface area contributed by atoms with E-state index in [1.165, 1.54) is 21.9 Å². The number of ketones is 2. The standard InChI is InChI=1S/C40H27NO2/c1-24-7-15-31(16-8-24)41(32-17-9-25(2)10-18-32)33-22-29-13-11-27-19-26(20-28-12-14-30(23-33)38(29)37(27)28)21-36-39(42)34-5-3-4-6-35(34)40(36)43/h3-23H,1-2H3. The zero-order valence-electron chi connectivity index (χ0n) is 23.9. The highest BCUT2D eigenvalue weighted by molar-refractivity contribution is 6.41. The molecule has 3 nitrogen and oxygen atoms in total. The second kappa shape index (κ2) is 9.50.